The number of carbonyl (C=O) groups is 2. The highest BCUT2D eigenvalue weighted by Gasteiger charge is 2.44. The fraction of sp³-hybridized carbons (Fsp3) is 0.263. The van der Waals surface area contributed by atoms with Crippen LogP contribution in [0, 0.1) is 13.8 Å². The lowest BCUT2D eigenvalue weighted by atomic mass is 10.1. The average Bonchev–Trinajstić information content (AvgIpc) is 3.00. The van der Waals surface area contributed by atoms with Gasteiger partial charge in [0, 0.05) is 12.1 Å². The zero-order chi connectivity index (χ0) is 18.9. The maximum atomic E-state index is 12.9. The number of para-hydroxylation sites is 1. The minimum atomic E-state index is -4.08. The molecule has 7 heteroatoms. The molecule has 0 saturated carbocycles. The summed E-state index contributed by atoms with van der Waals surface area (Å²) in [6.07, 6.45) is 0.193. The van der Waals surface area contributed by atoms with Crippen molar-refractivity contribution in [2.45, 2.75) is 37.6 Å². The molecule has 0 aliphatic carbocycles. The van der Waals surface area contributed by atoms with E-state index in [4.69, 9.17) is 0 Å². The monoisotopic (exact) mass is 372 g/mol. The second kappa shape index (κ2) is 6.92. The van der Waals surface area contributed by atoms with Crippen LogP contribution in [-0.4, -0.2) is 30.6 Å². The Morgan fingerprint density at radius 3 is 2.38 bits per heavy atom. The van der Waals surface area contributed by atoms with Gasteiger partial charge in [-0.05, 0) is 44.0 Å². The molecule has 136 valence electrons. The number of nitrogens with zero attached hydrogens (tertiary/aromatic N) is 1. The van der Waals surface area contributed by atoms with Gasteiger partial charge in [0.15, 0.2) is 0 Å². The molecule has 0 radical (unpaired) electrons. The normalized spacial score (nSPS) is 17.4. The average molecular weight is 372 g/mol. The number of amides is 2. The predicted molar refractivity (Wildman–Crippen MR) is 98.0 cm³/mol. The van der Waals surface area contributed by atoms with Crippen LogP contribution in [0.2, 0.25) is 0 Å². The second-order valence-corrected chi connectivity index (χ2v) is 8.18. The van der Waals surface area contributed by atoms with Crippen molar-refractivity contribution in [1.29, 1.82) is 0 Å². The van der Waals surface area contributed by atoms with Crippen LogP contribution in [0.15, 0.2) is 53.4 Å². The van der Waals surface area contributed by atoms with Gasteiger partial charge < -0.3 is 5.32 Å². The summed E-state index contributed by atoms with van der Waals surface area (Å²) in [6.45, 7) is 3.69. The Kier molecular flexibility index (Phi) is 4.82. The largest absolute Gasteiger partial charge is 0.324 e. The number of rotatable bonds is 4. The maximum Gasteiger partial charge on any atom is 0.267 e. The van der Waals surface area contributed by atoms with Gasteiger partial charge in [0.05, 0.1) is 4.90 Å². The van der Waals surface area contributed by atoms with E-state index in [1.807, 2.05) is 26.0 Å². The van der Waals surface area contributed by atoms with Crippen LogP contribution in [0.25, 0.3) is 0 Å². The van der Waals surface area contributed by atoms with Crippen LogP contribution < -0.4 is 5.32 Å². The maximum absolute atomic E-state index is 12.9. The van der Waals surface area contributed by atoms with Crippen molar-refractivity contribution < 1.29 is 18.0 Å². The number of benzene rings is 2. The summed E-state index contributed by atoms with van der Waals surface area (Å²) in [5.74, 6) is -1.06. The minimum Gasteiger partial charge on any atom is -0.324 e. The fourth-order valence-corrected chi connectivity index (χ4v) is 4.56. The van der Waals surface area contributed by atoms with Crippen LogP contribution in [-0.2, 0) is 19.6 Å². The molecule has 6 nitrogen and oxygen atoms in total. The van der Waals surface area contributed by atoms with Gasteiger partial charge in [-0.3, -0.25) is 9.59 Å². The van der Waals surface area contributed by atoms with Gasteiger partial charge in [0.2, 0.25) is 11.8 Å². The first-order valence-corrected chi connectivity index (χ1v) is 9.75. The zero-order valence-corrected chi connectivity index (χ0v) is 15.4. The van der Waals surface area contributed by atoms with Crippen molar-refractivity contribution in [1.82, 2.24) is 4.31 Å². The summed E-state index contributed by atoms with van der Waals surface area (Å²) in [6, 6.07) is 12.4. The standard InChI is InChI=1S/C19H20N2O4S/c1-13-7-9-15(10-8-13)26(24,25)21-17(11-12-18(21)22)19(23)20-16-6-4-3-5-14(16)2/h3-10,17H,11-12H2,1-2H3,(H,20,23)/t17-/m0/s1. The molecule has 2 aromatic rings. The first-order chi connectivity index (χ1) is 12.3. The summed E-state index contributed by atoms with van der Waals surface area (Å²) in [4.78, 5) is 25.0. The Morgan fingerprint density at radius 1 is 1.08 bits per heavy atom. The van der Waals surface area contributed by atoms with Crippen molar-refractivity contribution >= 4 is 27.5 Å². The molecule has 2 aromatic carbocycles. The van der Waals surface area contributed by atoms with Crippen LogP contribution in [0.5, 0.6) is 0 Å². The molecule has 1 atom stereocenters. The smallest absolute Gasteiger partial charge is 0.267 e. The summed E-state index contributed by atoms with van der Waals surface area (Å²) in [5.41, 5.74) is 2.37. The fourth-order valence-electron chi connectivity index (χ4n) is 2.95. The van der Waals surface area contributed by atoms with E-state index in [1.54, 1.807) is 24.3 Å². The van der Waals surface area contributed by atoms with Crippen LogP contribution >= 0.6 is 0 Å². The van der Waals surface area contributed by atoms with E-state index < -0.39 is 27.9 Å². The van der Waals surface area contributed by atoms with Crippen molar-refractivity contribution in [3.8, 4) is 0 Å². The number of hydrogen-bond acceptors (Lipinski definition) is 4. The Bertz CT molecular complexity index is 952. The quantitative estimate of drug-likeness (QED) is 0.894. The summed E-state index contributed by atoms with van der Waals surface area (Å²) < 4.78 is 26.6. The van der Waals surface area contributed by atoms with Crippen molar-refractivity contribution in [2.75, 3.05) is 5.32 Å². The number of carbonyl (C=O) groups excluding carboxylic acids is 2. The lowest BCUT2D eigenvalue weighted by Gasteiger charge is -2.24. The summed E-state index contributed by atoms with van der Waals surface area (Å²) in [7, 11) is -4.08. The molecular weight excluding hydrogens is 352 g/mol. The van der Waals surface area contributed by atoms with E-state index in [0.29, 0.717) is 5.69 Å². The lowest BCUT2D eigenvalue weighted by molar-refractivity contribution is -0.128. The van der Waals surface area contributed by atoms with Crippen molar-refractivity contribution in [2.24, 2.45) is 0 Å². The molecule has 0 aromatic heterocycles. The van der Waals surface area contributed by atoms with Gasteiger partial charge in [-0.25, -0.2) is 12.7 Å². The van der Waals surface area contributed by atoms with E-state index in [2.05, 4.69) is 5.32 Å². The molecule has 26 heavy (non-hydrogen) atoms. The van der Waals surface area contributed by atoms with Crippen molar-refractivity contribution in [3.05, 3.63) is 59.7 Å². The van der Waals surface area contributed by atoms with E-state index >= 15 is 0 Å². The second-order valence-electron chi connectivity index (χ2n) is 6.37. The molecule has 0 unspecified atom stereocenters. The van der Waals surface area contributed by atoms with E-state index in [-0.39, 0.29) is 17.7 Å². The minimum absolute atomic E-state index is 0.00652. The number of hydrogen-bond donors (Lipinski definition) is 1. The molecule has 3 rings (SSSR count). The van der Waals surface area contributed by atoms with Gasteiger partial charge in [-0.15, -0.1) is 0 Å². The molecule has 1 N–H and O–H groups in total. The van der Waals surface area contributed by atoms with Crippen molar-refractivity contribution in [3.63, 3.8) is 0 Å². The Balaban J connectivity index is 1.90. The Labute approximate surface area is 152 Å². The van der Waals surface area contributed by atoms with E-state index in [9.17, 15) is 18.0 Å². The molecule has 1 aliphatic rings. The molecular formula is C19H20N2O4S. The number of aryl methyl sites for hydroxylation is 2. The van der Waals surface area contributed by atoms with Crippen LogP contribution in [0.3, 0.4) is 0 Å². The highest BCUT2D eigenvalue weighted by molar-refractivity contribution is 7.89. The predicted octanol–water partition coefficient (Wildman–Crippen LogP) is 2.62. The topological polar surface area (TPSA) is 83.6 Å². The summed E-state index contributed by atoms with van der Waals surface area (Å²) >= 11 is 0. The molecule has 1 saturated heterocycles. The summed E-state index contributed by atoms with van der Waals surface area (Å²) in [5, 5.41) is 2.74. The van der Waals surface area contributed by atoms with Gasteiger partial charge >= 0.3 is 0 Å². The van der Waals surface area contributed by atoms with Gasteiger partial charge in [0.1, 0.15) is 6.04 Å². The molecule has 1 aliphatic heterocycles. The first-order valence-electron chi connectivity index (χ1n) is 8.31. The van der Waals surface area contributed by atoms with Gasteiger partial charge in [-0.1, -0.05) is 35.9 Å². The highest BCUT2D eigenvalue weighted by Crippen LogP contribution is 2.28. The molecule has 1 fully saturated rings. The first kappa shape index (κ1) is 18.1. The number of sulfonamides is 1. The van der Waals surface area contributed by atoms with Crippen LogP contribution in [0.4, 0.5) is 5.69 Å². The molecule has 1 heterocycles. The van der Waals surface area contributed by atoms with Gasteiger partial charge in [0.25, 0.3) is 10.0 Å². The SMILES string of the molecule is Cc1ccc(S(=O)(=O)N2C(=O)CC[C@H]2C(=O)Nc2ccccc2C)cc1. The molecule has 0 spiro atoms. The zero-order valence-electron chi connectivity index (χ0n) is 14.6. The molecule has 2 amide bonds. The van der Waals surface area contributed by atoms with Crippen LogP contribution in [0.1, 0.15) is 24.0 Å². The highest BCUT2D eigenvalue weighted by atomic mass is 32.2. The molecule has 0 bridgehead atoms. The third-order valence-corrected chi connectivity index (χ3v) is 6.29. The van der Waals surface area contributed by atoms with Gasteiger partial charge in [-0.2, -0.15) is 0 Å². The number of anilines is 1. The van der Waals surface area contributed by atoms with E-state index in [0.717, 1.165) is 15.4 Å². The van der Waals surface area contributed by atoms with E-state index in [1.165, 1.54) is 12.1 Å². The number of nitrogens with one attached hydrogen (secondary N) is 1. The third-order valence-electron chi connectivity index (χ3n) is 4.44. The lowest BCUT2D eigenvalue weighted by Crippen LogP contribution is -2.45. The third kappa shape index (κ3) is 3.35. The Morgan fingerprint density at radius 2 is 1.73 bits per heavy atom. The Hall–Kier alpha value is -2.67.